The maximum atomic E-state index is 13.9. The summed E-state index contributed by atoms with van der Waals surface area (Å²) in [5, 5.41) is 6.49. The second-order valence-electron chi connectivity index (χ2n) is 6.82. The normalized spacial score (nSPS) is 11.3. The van der Waals surface area contributed by atoms with E-state index in [1.807, 2.05) is 62.3 Å². The van der Waals surface area contributed by atoms with E-state index in [4.69, 9.17) is 4.74 Å². The molecule has 0 radical (unpaired) electrons. The first-order chi connectivity index (χ1) is 13.6. The van der Waals surface area contributed by atoms with Gasteiger partial charge in [0, 0.05) is 25.2 Å². The highest BCUT2D eigenvalue weighted by Gasteiger charge is 2.05. The molecule has 0 aliphatic rings. The highest BCUT2D eigenvalue weighted by molar-refractivity contribution is 14.0. The second-order valence-corrected chi connectivity index (χ2v) is 6.82. The van der Waals surface area contributed by atoms with Crippen LogP contribution in [0.4, 0.5) is 4.39 Å². The van der Waals surface area contributed by atoms with Crippen LogP contribution in [0, 0.1) is 5.82 Å². The standard InChI is InChI=1S/C22H31FN4O.HI/c1-4-24-22(25-12-13-28-17-18-8-6-5-7-9-18)26-15-19-10-11-21(23)20(14-19)16-27(2)3;/h5-11,14H,4,12-13,15-17H2,1-3H3,(H2,24,25,26);1H. The zero-order valence-corrected chi connectivity index (χ0v) is 19.8. The molecule has 2 aromatic rings. The Morgan fingerprint density at radius 1 is 1.07 bits per heavy atom. The van der Waals surface area contributed by atoms with Gasteiger partial charge in [0.05, 0.1) is 19.8 Å². The lowest BCUT2D eigenvalue weighted by molar-refractivity contribution is 0.125. The molecule has 0 heterocycles. The van der Waals surface area contributed by atoms with E-state index in [1.54, 1.807) is 6.07 Å². The lowest BCUT2D eigenvalue weighted by Crippen LogP contribution is -2.38. The highest BCUT2D eigenvalue weighted by Crippen LogP contribution is 2.13. The van der Waals surface area contributed by atoms with Gasteiger partial charge < -0.3 is 20.3 Å². The maximum absolute atomic E-state index is 13.9. The Labute approximate surface area is 190 Å². The van der Waals surface area contributed by atoms with Gasteiger partial charge in [-0.15, -0.1) is 24.0 Å². The summed E-state index contributed by atoms with van der Waals surface area (Å²) in [7, 11) is 3.86. The summed E-state index contributed by atoms with van der Waals surface area (Å²) in [6, 6.07) is 15.3. The average Bonchev–Trinajstić information content (AvgIpc) is 2.68. The van der Waals surface area contributed by atoms with Crippen LogP contribution in [0.3, 0.4) is 0 Å². The van der Waals surface area contributed by atoms with E-state index in [0.29, 0.717) is 38.4 Å². The molecule has 0 aromatic heterocycles. The number of rotatable bonds is 10. The summed E-state index contributed by atoms with van der Waals surface area (Å²) < 4.78 is 19.6. The largest absolute Gasteiger partial charge is 0.375 e. The highest BCUT2D eigenvalue weighted by atomic mass is 127. The Kier molecular flexibility index (Phi) is 12.5. The Morgan fingerprint density at radius 3 is 2.52 bits per heavy atom. The zero-order chi connectivity index (χ0) is 20.2. The number of nitrogens with zero attached hydrogens (tertiary/aromatic N) is 2. The molecular formula is C22H32FIN4O. The molecule has 0 atom stereocenters. The van der Waals surface area contributed by atoms with Crippen LogP contribution in [0.2, 0.25) is 0 Å². The summed E-state index contributed by atoms with van der Waals surface area (Å²) in [6.07, 6.45) is 0. The summed E-state index contributed by atoms with van der Waals surface area (Å²) in [6.45, 7) is 5.70. The molecule has 2 N–H and O–H groups in total. The van der Waals surface area contributed by atoms with Gasteiger partial charge in [0.25, 0.3) is 0 Å². The van der Waals surface area contributed by atoms with Crippen LogP contribution in [-0.4, -0.2) is 44.7 Å². The van der Waals surface area contributed by atoms with Crippen LogP contribution in [0.1, 0.15) is 23.6 Å². The third kappa shape index (κ3) is 10.0. The van der Waals surface area contributed by atoms with E-state index in [1.165, 1.54) is 6.07 Å². The topological polar surface area (TPSA) is 48.9 Å². The van der Waals surface area contributed by atoms with Crippen molar-refractivity contribution in [2.75, 3.05) is 33.8 Å². The maximum Gasteiger partial charge on any atom is 0.191 e. The Morgan fingerprint density at radius 2 is 1.83 bits per heavy atom. The average molecular weight is 514 g/mol. The van der Waals surface area contributed by atoms with Crippen molar-refractivity contribution in [2.24, 2.45) is 4.99 Å². The number of hydrogen-bond acceptors (Lipinski definition) is 3. The number of guanidine groups is 1. The molecular weight excluding hydrogens is 482 g/mol. The van der Waals surface area contributed by atoms with Gasteiger partial charge >= 0.3 is 0 Å². The number of hydrogen-bond donors (Lipinski definition) is 2. The van der Waals surface area contributed by atoms with Gasteiger partial charge in [0.1, 0.15) is 5.82 Å². The molecule has 0 bridgehead atoms. The van der Waals surface area contributed by atoms with Crippen LogP contribution in [0.25, 0.3) is 0 Å². The lowest BCUT2D eigenvalue weighted by atomic mass is 10.1. The van der Waals surface area contributed by atoms with Crippen LogP contribution in [-0.2, 0) is 24.4 Å². The minimum atomic E-state index is -0.179. The van der Waals surface area contributed by atoms with Gasteiger partial charge in [0.2, 0.25) is 0 Å². The number of aliphatic imine (C=N–C) groups is 1. The van der Waals surface area contributed by atoms with E-state index in [-0.39, 0.29) is 29.8 Å². The van der Waals surface area contributed by atoms with Crippen molar-refractivity contribution in [1.82, 2.24) is 15.5 Å². The number of nitrogens with one attached hydrogen (secondary N) is 2. The minimum absolute atomic E-state index is 0. The quantitative estimate of drug-likeness (QED) is 0.219. The molecule has 0 amide bonds. The Bertz CT molecular complexity index is 741. The predicted molar refractivity (Wildman–Crippen MR) is 128 cm³/mol. The van der Waals surface area contributed by atoms with Gasteiger partial charge in [-0.1, -0.05) is 36.4 Å². The zero-order valence-electron chi connectivity index (χ0n) is 17.5. The van der Waals surface area contributed by atoms with E-state index in [0.717, 1.165) is 23.6 Å². The molecule has 0 saturated carbocycles. The van der Waals surface area contributed by atoms with Crippen molar-refractivity contribution in [3.8, 4) is 0 Å². The molecule has 0 aliphatic carbocycles. The smallest absolute Gasteiger partial charge is 0.191 e. The molecule has 160 valence electrons. The van der Waals surface area contributed by atoms with E-state index < -0.39 is 0 Å². The summed E-state index contributed by atoms with van der Waals surface area (Å²) in [5.41, 5.74) is 2.83. The fraction of sp³-hybridized carbons (Fsp3) is 0.409. The summed E-state index contributed by atoms with van der Waals surface area (Å²) >= 11 is 0. The van der Waals surface area contributed by atoms with Crippen LogP contribution in [0.15, 0.2) is 53.5 Å². The molecule has 0 aliphatic heterocycles. The number of benzene rings is 2. The number of halogens is 2. The molecule has 2 aromatic carbocycles. The molecule has 0 unspecified atom stereocenters. The molecule has 5 nitrogen and oxygen atoms in total. The first-order valence-electron chi connectivity index (χ1n) is 9.64. The van der Waals surface area contributed by atoms with Crippen molar-refractivity contribution in [3.05, 3.63) is 71.0 Å². The van der Waals surface area contributed by atoms with Crippen molar-refractivity contribution in [1.29, 1.82) is 0 Å². The van der Waals surface area contributed by atoms with Crippen molar-refractivity contribution in [3.63, 3.8) is 0 Å². The van der Waals surface area contributed by atoms with E-state index >= 15 is 0 Å². The number of ether oxygens (including phenoxy) is 1. The van der Waals surface area contributed by atoms with Crippen molar-refractivity contribution < 1.29 is 9.13 Å². The van der Waals surface area contributed by atoms with Crippen LogP contribution in [0.5, 0.6) is 0 Å². The SMILES string of the molecule is CCNC(=NCc1ccc(F)c(CN(C)C)c1)NCCOCc1ccccc1.I. The molecule has 0 fully saturated rings. The Balaban J connectivity index is 0.00000420. The van der Waals surface area contributed by atoms with E-state index in [2.05, 4.69) is 15.6 Å². The Hall–Kier alpha value is -1.71. The fourth-order valence-electron chi connectivity index (χ4n) is 2.71. The van der Waals surface area contributed by atoms with Crippen LogP contribution < -0.4 is 10.6 Å². The second kappa shape index (κ2) is 14.3. The molecule has 29 heavy (non-hydrogen) atoms. The molecule has 7 heteroatoms. The molecule has 2 rings (SSSR count). The predicted octanol–water partition coefficient (Wildman–Crippen LogP) is 3.78. The van der Waals surface area contributed by atoms with E-state index in [9.17, 15) is 4.39 Å². The van der Waals surface area contributed by atoms with Gasteiger partial charge in [0.15, 0.2) is 5.96 Å². The fourth-order valence-corrected chi connectivity index (χ4v) is 2.71. The van der Waals surface area contributed by atoms with Crippen molar-refractivity contribution in [2.45, 2.75) is 26.6 Å². The van der Waals surface area contributed by atoms with Gasteiger partial charge in [-0.2, -0.15) is 0 Å². The molecule has 0 spiro atoms. The third-order valence-electron chi connectivity index (χ3n) is 4.01. The first kappa shape index (κ1) is 25.3. The van der Waals surface area contributed by atoms with Gasteiger partial charge in [-0.05, 0) is 44.3 Å². The molecule has 0 saturated heterocycles. The van der Waals surface area contributed by atoms with Crippen LogP contribution >= 0.6 is 24.0 Å². The van der Waals surface area contributed by atoms with Gasteiger partial charge in [-0.25, -0.2) is 9.38 Å². The summed E-state index contributed by atoms with van der Waals surface area (Å²) in [4.78, 5) is 6.54. The third-order valence-corrected chi connectivity index (χ3v) is 4.01. The lowest BCUT2D eigenvalue weighted by Gasteiger charge is -2.13. The first-order valence-corrected chi connectivity index (χ1v) is 9.64. The monoisotopic (exact) mass is 514 g/mol. The van der Waals surface area contributed by atoms with Crippen molar-refractivity contribution >= 4 is 29.9 Å². The summed E-state index contributed by atoms with van der Waals surface area (Å²) in [5.74, 6) is 0.548. The minimum Gasteiger partial charge on any atom is -0.375 e. The van der Waals surface area contributed by atoms with Gasteiger partial charge in [-0.3, -0.25) is 0 Å².